The number of carbonyl (C=O) groups excluding carboxylic acids is 4. The third-order valence-corrected chi connectivity index (χ3v) is 11.7. The molecule has 1 heterocycles. The standard InChI is InChI=1S/C57H57N5O8/c1-61(34-36-69-44-30-26-40(27-31-44)38-50(56(65)67-3)58-48-22-13-11-20-46(48)54(63)42-16-7-5-8-17-42)52-24-15-25-53(60-52)62(2)35-37-70-45-32-28-41(29-33-45)39-51(57(66)68-4)59-49-23-14-12-21-47(49)55(64)43-18-9-6-10-19-43/h5-33,50-51,58-59H,34-39H2,1-4H3/t50-,51?/m0/s1. The van der Waals surface area contributed by atoms with Crippen LogP contribution in [-0.2, 0) is 31.9 Å². The number of pyridine rings is 1. The summed E-state index contributed by atoms with van der Waals surface area (Å²) in [7, 11) is 6.63. The van der Waals surface area contributed by atoms with E-state index in [4.69, 9.17) is 23.9 Å². The summed E-state index contributed by atoms with van der Waals surface area (Å²) in [6.07, 6.45) is 0.660. The molecule has 13 nitrogen and oxygen atoms in total. The Kier molecular flexibility index (Phi) is 17.3. The van der Waals surface area contributed by atoms with Gasteiger partial charge in [0.2, 0.25) is 0 Å². The van der Waals surface area contributed by atoms with E-state index in [2.05, 4.69) is 10.6 Å². The van der Waals surface area contributed by atoms with Gasteiger partial charge in [0, 0.05) is 60.6 Å². The second-order valence-corrected chi connectivity index (χ2v) is 16.5. The van der Waals surface area contributed by atoms with Crippen molar-refractivity contribution in [3.63, 3.8) is 0 Å². The number of anilines is 4. The minimum atomic E-state index is -0.732. The molecule has 2 atom stereocenters. The molecule has 1 unspecified atom stereocenters. The van der Waals surface area contributed by atoms with Gasteiger partial charge in [0.05, 0.1) is 27.3 Å². The summed E-state index contributed by atoms with van der Waals surface area (Å²) in [4.78, 5) is 61.4. The molecule has 1 aromatic heterocycles. The van der Waals surface area contributed by atoms with E-state index in [0.29, 0.717) is 84.3 Å². The molecule has 0 saturated carbocycles. The highest BCUT2D eigenvalue weighted by Crippen LogP contribution is 2.25. The number of para-hydroxylation sites is 2. The van der Waals surface area contributed by atoms with Gasteiger partial charge in [0.15, 0.2) is 11.6 Å². The molecule has 7 rings (SSSR count). The minimum absolute atomic E-state index is 0.142. The summed E-state index contributed by atoms with van der Waals surface area (Å²) in [5, 5.41) is 6.51. The van der Waals surface area contributed by atoms with Gasteiger partial charge in [-0.2, -0.15) is 0 Å². The topological polar surface area (TPSA) is 149 Å². The molecule has 2 N–H and O–H groups in total. The lowest BCUT2D eigenvalue weighted by Gasteiger charge is -2.23. The Labute approximate surface area is 409 Å². The van der Waals surface area contributed by atoms with Crippen molar-refractivity contribution in [3.05, 3.63) is 209 Å². The average molecular weight is 940 g/mol. The monoisotopic (exact) mass is 939 g/mol. The lowest BCUT2D eigenvalue weighted by atomic mass is 10.00. The van der Waals surface area contributed by atoms with E-state index in [1.807, 2.05) is 139 Å². The maximum Gasteiger partial charge on any atom is 0.328 e. The fourth-order valence-corrected chi connectivity index (χ4v) is 7.73. The molecule has 7 aromatic rings. The molecule has 70 heavy (non-hydrogen) atoms. The number of aromatic nitrogens is 1. The highest BCUT2D eigenvalue weighted by atomic mass is 16.5. The van der Waals surface area contributed by atoms with Crippen LogP contribution in [0.15, 0.2) is 176 Å². The number of ketones is 2. The van der Waals surface area contributed by atoms with Crippen LogP contribution in [0.1, 0.15) is 43.0 Å². The summed E-state index contributed by atoms with van der Waals surface area (Å²) >= 11 is 0. The van der Waals surface area contributed by atoms with Gasteiger partial charge in [-0.25, -0.2) is 14.6 Å². The van der Waals surface area contributed by atoms with Crippen LogP contribution in [0.5, 0.6) is 11.5 Å². The lowest BCUT2D eigenvalue weighted by Crippen LogP contribution is -2.33. The van der Waals surface area contributed by atoms with Crippen molar-refractivity contribution < 1.29 is 38.1 Å². The van der Waals surface area contributed by atoms with Crippen LogP contribution in [-0.4, -0.2) is 95.2 Å². The van der Waals surface area contributed by atoms with Crippen LogP contribution >= 0.6 is 0 Å². The van der Waals surface area contributed by atoms with E-state index in [-0.39, 0.29) is 11.6 Å². The third-order valence-electron chi connectivity index (χ3n) is 11.7. The second-order valence-electron chi connectivity index (χ2n) is 16.5. The molecule has 0 bridgehead atoms. The molecule has 0 radical (unpaired) electrons. The Balaban J connectivity index is 0.862. The number of nitrogens with zero attached hydrogens (tertiary/aromatic N) is 3. The van der Waals surface area contributed by atoms with E-state index < -0.39 is 24.0 Å². The molecule has 0 saturated heterocycles. The number of ether oxygens (including phenoxy) is 4. The first-order valence-corrected chi connectivity index (χ1v) is 23.0. The second kappa shape index (κ2) is 24.5. The molecule has 6 aromatic carbocycles. The first kappa shape index (κ1) is 49.5. The molecule has 0 fully saturated rings. The predicted molar refractivity (Wildman–Crippen MR) is 274 cm³/mol. The van der Waals surface area contributed by atoms with E-state index in [9.17, 15) is 19.2 Å². The van der Waals surface area contributed by atoms with Crippen molar-refractivity contribution in [1.82, 2.24) is 4.98 Å². The Bertz CT molecular complexity index is 2640. The minimum Gasteiger partial charge on any atom is -0.492 e. The van der Waals surface area contributed by atoms with Crippen LogP contribution in [0.2, 0.25) is 0 Å². The van der Waals surface area contributed by atoms with Crippen molar-refractivity contribution in [2.45, 2.75) is 24.9 Å². The molecule has 0 aliphatic heterocycles. The Hall–Kier alpha value is -8.45. The van der Waals surface area contributed by atoms with E-state index >= 15 is 0 Å². The first-order chi connectivity index (χ1) is 34.1. The highest BCUT2D eigenvalue weighted by Gasteiger charge is 2.24. The number of hydrogen-bond donors (Lipinski definition) is 2. The molecule has 0 aliphatic rings. The maximum absolute atomic E-state index is 13.3. The van der Waals surface area contributed by atoms with Crippen molar-refractivity contribution >= 4 is 46.5 Å². The van der Waals surface area contributed by atoms with E-state index in [1.54, 1.807) is 60.7 Å². The van der Waals surface area contributed by atoms with Gasteiger partial charge in [-0.15, -0.1) is 0 Å². The van der Waals surface area contributed by atoms with Gasteiger partial charge >= 0.3 is 11.9 Å². The Morgan fingerprint density at radius 2 is 0.843 bits per heavy atom. The number of carbonyl (C=O) groups is 4. The SMILES string of the molecule is COC(=O)C(Cc1ccc(OCCN(C)c2cccc(N(C)CCOc3ccc(C[C@H](Nc4ccccc4C(=O)c4ccccc4)C(=O)OC)cc3)n2)cc1)Nc1ccccc1C(=O)c1ccccc1. The van der Waals surface area contributed by atoms with Gasteiger partial charge in [-0.3, -0.25) is 9.59 Å². The zero-order valence-corrected chi connectivity index (χ0v) is 39.7. The molecule has 0 spiro atoms. The maximum atomic E-state index is 13.3. The number of benzene rings is 6. The Morgan fingerprint density at radius 1 is 0.471 bits per heavy atom. The van der Waals surface area contributed by atoms with Gasteiger partial charge in [0.1, 0.15) is 48.4 Å². The van der Waals surface area contributed by atoms with Crippen LogP contribution < -0.4 is 29.9 Å². The van der Waals surface area contributed by atoms with E-state index in [0.717, 1.165) is 22.8 Å². The zero-order valence-electron chi connectivity index (χ0n) is 39.7. The fraction of sp³-hybridized carbons (Fsp3) is 0.211. The molecule has 0 aliphatic carbocycles. The smallest absolute Gasteiger partial charge is 0.328 e. The van der Waals surface area contributed by atoms with Crippen LogP contribution in [0.25, 0.3) is 0 Å². The Morgan fingerprint density at radius 3 is 1.23 bits per heavy atom. The highest BCUT2D eigenvalue weighted by molar-refractivity contribution is 6.13. The largest absolute Gasteiger partial charge is 0.492 e. The summed E-state index contributed by atoms with van der Waals surface area (Å²) in [5.74, 6) is 1.79. The average Bonchev–Trinajstić information content (AvgIpc) is 3.41. The normalized spacial score (nSPS) is 11.6. The van der Waals surface area contributed by atoms with Crippen LogP contribution in [0, 0.1) is 0 Å². The van der Waals surface area contributed by atoms with Crippen LogP contribution in [0.4, 0.5) is 23.0 Å². The summed E-state index contributed by atoms with van der Waals surface area (Å²) < 4.78 is 22.5. The number of rotatable bonds is 24. The van der Waals surface area contributed by atoms with Gasteiger partial charge < -0.3 is 39.4 Å². The molecule has 358 valence electrons. The van der Waals surface area contributed by atoms with Crippen molar-refractivity contribution in [1.29, 1.82) is 0 Å². The van der Waals surface area contributed by atoms with Crippen molar-refractivity contribution in [2.24, 2.45) is 0 Å². The summed E-state index contributed by atoms with van der Waals surface area (Å²) in [6.45, 7) is 1.97. The number of esters is 2. The summed E-state index contributed by atoms with van der Waals surface area (Å²) in [5.41, 5.74) is 4.93. The number of hydrogen-bond acceptors (Lipinski definition) is 13. The number of methoxy groups -OCH3 is 2. The molecule has 0 amide bonds. The lowest BCUT2D eigenvalue weighted by molar-refractivity contribution is -0.142. The van der Waals surface area contributed by atoms with Crippen LogP contribution in [0.3, 0.4) is 0 Å². The van der Waals surface area contributed by atoms with E-state index in [1.165, 1.54) is 14.2 Å². The van der Waals surface area contributed by atoms with Gasteiger partial charge in [0.25, 0.3) is 0 Å². The third kappa shape index (κ3) is 13.4. The first-order valence-electron chi connectivity index (χ1n) is 23.0. The molecular formula is C57H57N5O8. The van der Waals surface area contributed by atoms with Crippen molar-refractivity contribution in [2.75, 3.05) is 75.1 Å². The predicted octanol–water partition coefficient (Wildman–Crippen LogP) is 8.97. The number of nitrogens with one attached hydrogen (secondary N) is 2. The fourth-order valence-electron chi connectivity index (χ4n) is 7.73. The quantitative estimate of drug-likeness (QED) is 0.0439. The van der Waals surface area contributed by atoms with Gasteiger partial charge in [-0.05, 0) is 71.8 Å². The number of likely N-dealkylation sites (N-methyl/N-ethyl adjacent to an activating group) is 2. The molecule has 13 heteroatoms. The van der Waals surface area contributed by atoms with Gasteiger partial charge in [-0.1, -0.05) is 115 Å². The molecular weight excluding hydrogens is 883 g/mol. The van der Waals surface area contributed by atoms with Crippen molar-refractivity contribution in [3.8, 4) is 11.5 Å². The zero-order chi connectivity index (χ0) is 49.2. The summed E-state index contributed by atoms with van der Waals surface area (Å²) in [6, 6.07) is 51.9.